The van der Waals surface area contributed by atoms with E-state index in [1.54, 1.807) is 0 Å². The van der Waals surface area contributed by atoms with Crippen molar-refractivity contribution in [2.75, 3.05) is 0 Å². The molecule has 0 bridgehead atoms. The molecule has 10 rings (SSSR count). The molecule has 8 aromatic rings. The Hall–Kier alpha value is -6.39. The molecule has 0 amide bonds. The zero-order valence-corrected chi connectivity index (χ0v) is 25.8. The van der Waals surface area contributed by atoms with E-state index in [9.17, 15) is 0 Å². The largest absolute Gasteiger partial charge is 0.456 e. The van der Waals surface area contributed by atoms with Crippen LogP contribution in [0.2, 0.25) is 0 Å². The molecule has 224 valence electrons. The summed E-state index contributed by atoms with van der Waals surface area (Å²) in [6, 6.07) is 57.1. The van der Waals surface area contributed by atoms with Crippen LogP contribution in [0, 0.1) is 0 Å². The highest BCUT2D eigenvalue weighted by atomic mass is 16.5. The van der Waals surface area contributed by atoms with E-state index in [1.165, 1.54) is 22.3 Å². The van der Waals surface area contributed by atoms with Gasteiger partial charge in [-0.3, -0.25) is 0 Å². The molecule has 1 aromatic heterocycles. The summed E-state index contributed by atoms with van der Waals surface area (Å²) in [7, 11) is 0. The summed E-state index contributed by atoms with van der Waals surface area (Å²) in [6.07, 6.45) is 0. The van der Waals surface area contributed by atoms with Gasteiger partial charge in [0.2, 0.25) is 0 Å². The average Bonchev–Trinajstić information content (AvgIpc) is 3.45. The van der Waals surface area contributed by atoms with Gasteiger partial charge in [-0.15, -0.1) is 0 Å². The predicted molar refractivity (Wildman–Crippen MR) is 191 cm³/mol. The lowest BCUT2D eigenvalue weighted by Crippen LogP contribution is -2.32. The van der Waals surface area contributed by atoms with Crippen LogP contribution in [0.25, 0.3) is 56.1 Å². The first-order chi connectivity index (χ1) is 23.8. The molecule has 0 unspecified atom stereocenters. The average molecular weight is 614 g/mol. The first-order valence-corrected chi connectivity index (χ1v) is 16.2. The molecule has 0 saturated carbocycles. The molecule has 1 aliphatic heterocycles. The van der Waals surface area contributed by atoms with Crippen LogP contribution in [-0.2, 0) is 5.41 Å². The highest BCUT2D eigenvalue weighted by molar-refractivity contribution is 5.96. The van der Waals surface area contributed by atoms with Crippen molar-refractivity contribution in [2.24, 2.45) is 0 Å². The Morgan fingerprint density at radius 1 is 0.375 bits per heavy atom. The lowest BCUT2D eigenvalue weighted by Gasteiger charge is -2.39. The minimum Gasteiger partial charge on any atom is -0.456 e. The number of benzene rings is 7. The van der Waals surface area contributed by atoms with E-state index in [0.717, 1.165) is 50.1 Å². The van der Waals surface area contributed by atoms with Crippen LogP contribution < -0.4 is 4.74 Å². The van der Waals surface area contributed by atoms with Crippen LogP contribution in [-0.4, -0.2) is 15.0 Å². The van der Waals surface area contributed by atoms with E-state index in [4.69, 9.17) is 19.7 Å². The summed E-state index contributed by atoms with van der Waals surface area (Å²) in [6.45, 7) is 0. The Bertz CT molecular complexity index is 2510. The lowest BCUT2D eigenvalue weighted by atomic mass is 9.66. The van der Waals surface area contributed by atoms with Crippen LogP contribution in [0.5, 0.6) is 11.5 Å². The minimum atomic E-state index is -0.568. The third-order valence-electron chi connectivity index (χ3n) is 9.81. The molecule has 0 atom stereocenters. The van der Waals surface area contributed by atoms with Crippen LogP contribution in [0.3, 0.4) is 0 Å². The molecular formula is C44H27N3O. The molecule has 0 fully saturated rings. The van der Waals surface area contributed by atoms with Crippen molar-refractivity contribution in [3.8, 4) is 56.8 Å². The van der Waals surface area contributed by atoms with Gasteiger partial charge < -0.3 is 4.74 Å². The monoisotopic (exact) mass is 613 g/mol. The number of fused-ring (bicyclic) bond motifs is 10. The Labute approximate surface area is 278 Å². The van der Waals surface area contributed by atoms with Crippen molar-refractivity contribution >= 4 is 10.8 Å². The van der Waals surface area contributed by atoms with Gasteiger partial charge in [0, 0.05) is 22.3 Å². The van der Waals surface area contributed by atoms with Gasteiger partial charge in [-0.25, -0.2) is 15.0 Å². The van der Waals surface area contributed by atoms with E-state index in [2.05, 4.69) is 127 Å². The van der Waals surface area contributed by atoms with Crippen LogP contribution in [0.15, 0.2) is 164 Å². The molecule has 0 saturated heterocycles. The van der Waals surface area contributed by atoms with Gasteiger partial charge in [-0.1, -0.05) is 152 Å². The molecule has 1 spiro atoms. The summed E-state index contributed by atoms with van der Waals surface area (Å²) >= 11 is 0. The third-order valence-corrected chi connectivity index (χ3v) is 9.81. The van der Waals surface area contributed by atoms with Gasteiger partial charge in [0.25, 0.3) is 0 Å². The topological polar surface area (TPSA) is 47.9 Å². The van der Waals surface area contributed by atoms with Crippen LogP contribution >= 0.6 is 0 Å². The number of ether oxygens (including phenoxy) is 1. The van der Waals surface area contributed by atoms with Gasteiger partial charge >= 0.3 is 0 Å². The van der Waals surface area contributed by atoms with Gasteiger partial charge in [-0.05, 0) is 45.2 Å². The Morgan fingerprint density at radius 3 is 1.69 bits per heavy atom. The Balaban J connectivity index is 1.28. The fourth-order valence-corrected chi connectivity index (χ4v) is 7.81. The molecule has 0 radical (unpaired) electrons. The van der Waals surface area contributed by atoms with Crippen molar-refractivity contribution in [3.05, 3.63) is 186 Å². The fourth-order valence-electron chi connectivity index (χ4n) is 7.81. The van der Waals surface area contributed by atoms with Crippen molar-refractivity contribution in [3.63, 3.8) is 0 Å². The summed E-state index contributed by atoms with van der Waals surface area (Å²) in [5, 5.41) is 2.23. The fraction of sp³-hybridized carbons (Fsp3) is 0.0227. The van der Waals surface area contributed by atoms with Crippen molar-refractivity contribution < 1.29 is 4.74 Å². The smallest absolute Gasteiger partial charge is 0.167 e. The predicted octanol–water partition coefficient (Wildman–Crippen LogP) is 10.5. The van der Waals surface area contributed by atoms with E-state index >= 15 is 0 Å². The van der Waals surface area contributed by atoms with Crippen molar-refractivity contribution in [1.29, 1.82) is 0 Å². The number of nitrogens with zero attached hydrogens (tertiary/aromatic N) is 3. The molecule has 2 aliphatic rings. The molecule has 4 heteroatoms. The second kappa shape index (κ2) is 10.3. The van der Waals surface area contributed by atoms with E-state index < -0.39 is 5.41 Å². The SMILES string of the molecule is c1ccc(-c2nc(-c3cccc4c3Oc3ccccc3C43c4ccccc4-c4ccccc43)nc(-c3cccc4ccccc34)n2)cc1. The molecular weight excluding hydrogens is 587 g/mol. The number of aromatic nitrogens is 3. The maximum atomic E-state index is 6.94. The van der Waals surface area contributed by atoms with E-state index in [-0.39, 0.29) is 0 Å². The molecule has 4 nitrogen and oxygen atoms in total. The van der Waals surface area contributed by atoms with Gasteiger partial charge in [0.1, 0.15) is 11.5 Å². The summed E-state index contributed by atoms with van der Waals surface area (Å²) < 4.78 is 6.94. The first-order valence-electron chi connectivity index (χ1n) is 16.2. The highest BCUT2D eigenvalue weighted by Crippen LogP contribution is 2.63. The van der Waals surface area contributed by atoms with E-state index in [1.807, 2.05) is 36.4 Å². The van der Waals surface area contributed by atoms with Crippen molar-refractivity contribution in [2.45, 2.75) is 5.41 Å². The zero-order chi connectivity index (χ0) is 31.7. The molecule has 2 heterocycles. The zero-order valence-electron chi connectivity index (χ0n) is 25.8. The number of hydrogen-bond acceptors (Lipinski definition) is 4. The van der Waals surface area contributed by atoms with E-state index in [0.29, 0.717) is 17.5 Å². The Kier molecular flexibility index (Phi) is 5.75. The second-order valence-corrected chi connectivity index (χ2v) is 12.3. The minimum absolute atomic E-state index is 0.567. The van der Waals surface area contributed by atoms with Gasteiger partial charge in [0.15, 0.2) is 17.5 Å². The van der Waals surface area contributed by atoms with Crippen LogP contribution in [0.4, 0.5) is 0 Å². The standard InChI is InChI=1S/C44H27N3O/c1-2-15-29(16-3-1)41-45-42(33-21-12-17-28-14-4-5-18-30(28)33)47-43(46-41)34-22-13-26-38-40(34)48-39-27-11-10-25-37(39)44(38)35-23-8-6-19-31(35)32-20-7-9-24-36(32)44/h1-27H. The van der Waals surface area contributed by atoms with Crippen LogP contribution in [0.1, 0.15) is 22.3 Å². The Morgan fingerprint density at radius 2 is 0.896 bits per heavy atom. The highest BCUT2D eigenvalue weighted by Gasteiger charge is 2.51. The number of para-hydroxylation sites is 2. The first kappa shape index (κ1) is 26.8. The van der Waals surface area contributed by atoms with Gasteiger partial charge in [0.05, 0.1) is 11.0 Å². The maximum Gasteiger partial charge on any atom is 0.167 e. The van der Waals surface area contributed by atoms with Crippen molar-refractivity contribution in [1.82, 2.24) is 15.0 Å². The molecule has 1 aliphatic carbocycles. The maximum absolute atomic E-state index is 6.94. The quantitative estimate of drug-likeness (QED) is 0.199. The third kappa shape index (κ3) is 3.74. The van der Waals surface area contributed by atoms with Gasteiger partial charge in [-0.2, -0.15) is 0 Å². The summed E-state index contributed by atoms with van der Waals surface area (Å²) in [4.78, 5) is 15.4. The second-order valence-electron chi connectivity index (χ2n) is 12.3. The molecule has 0 N–H and O–H groups in total. The lowest BCUT2D eigenvalue weighted by molar-refractivity contribution is 0.437. The summed E-state index contributed by atoms with van der Waals surface area (Å²) in [5.41, 5.74) is 9.32. The summed E-state index contributed by atoms with van der Waals surface area (Å²) in [5.74, 6) is 3.39. The molecule has 7 aromatic carbocycles. The molecule has 48 heavy (non-hydrogen) atoms. The normalized spacial score (nSPS) is 13.3. The number of rotatable bonds is 3. The number of hydrogen-bond donors (Lipinski definition) is 0.